The second-order valence-electron chi connectivity index (χ2n) is 11.6. The summed E-state index contributed by atoms with van der Waals surface area (Å²) in [6, 6.07) is 0. The Morgan fingerprint density at radius 2 is 1.68 bits per heavy atom. The number of Topliss-reactive ketones (excluding diaryl/α,β-unsaturated/α-hetero) is 1. The van der Waals surface area contributed by atoms with Crippen LogP contribution in [-0.2, 0) is 47.7 Å². The number of esters is 4. The molecule has 0 radical (unpaired) electrons. The molecule has 10 nitrogen and oxygen atoms in total. The minimum absolute atomic E-state index is 0.0934. The maximum atomic E-state index is 13.4. The smallest absolute Gasteiger partial charge is 0.331 e. The van der Waals surface area contributed by atoms with Gasteiger partial charge in [0.15, 0.2) is 6.10 Å². The molecule has 3 fully saturated rings. The van der Waals surface area contributed by atoms with E-state index in [-0.39, 0.29) is 12.2 Å². The lowest BCUT2D eigenvalue weighted by Gasteiger charge is -2.48. The van der Waals surface area contributed by atoms with Gasteiger partial charge in [-0.25, -0.2) is 4.79 Å². The van der Waals surface area contributed by atoms with Crippen LogP contribution >= 0.6 is 0 Å². The van der Waals surface area contributed by atoms with Crippen molar-refractivity contribution in [2.24, 2.45) is 29.6 Å². The molecule has 1 aliphatic heterocycles. The molecule has 10 heteroatoms. The average molecular weight is 563 g/mol. The van der Waals surface area contributed by atoms with Crippen LogP contribution in [0.1, 0.15) is 68.2 Å². The summed E-state index contributed by atoms with van der Waals surface area (Å²) < 4.78 is 28.5. The van der Waals surface area contributed by atoms with E-state index in [9.17, 15) is 24.0 Å². The molecular weight excluding hydrogens is 520 g/mol. The Labute approximate surface area is 235 Å². The van der Waals surface area contributed by atoms with E-state index in [1.54, 1.807) is 27.7 Å². The van der Waals surface area contributed by atoms with E-state index in [0.717, 1.165) is 0 Å². The molecule has 0 amide bonds. The fraction of sp³-hybridized carbons (Fsp3) is 0.700. The van der Waals surface area contributed by atoms with E-state index in [4.69, 9.17) is 23.7 Å². The summed E-state index contributed by atoms with van der Waals surface area (Å²) >= 11 is 0. The number of rotatable bonds is 10. The monoisotopic (exact) mass is 562 g/mol. The van der Waals surface area contributed by atoms with Gasteiger partial charge in [0.25, 0.3) is 0 Å². The Bertz CT molecular complexity index is 1090. The number of carbonyl (C=O) groups excluding carboxylic acids is 5. The highest BCUT2D eigenvalue weighted by Gasteiger charge is 2.67. The van der Waals surface area contributed by atoms with E-state index < -0.39 is 83.5 Å². The molecule has 3 rings (SSSR count). The predicted octanol–water partition coefficient (Wildman–Crippen LogP) is 3.50. The summed E-state index contributed by atoms with van der Waals surface area (Å²) in [5, 5.41) is 0. The van der Waals surface area contributed by atoms with Crippen molar-refractivity contribution in [1.29, 1.82) is 0 Å². The summed E-state index contributed by atoms with van der Waals surface area (Å²) in [6.45, 7) is 17.6. The SMILES string of the molecule is C=C1[C@@H]2CC(=O)[C@H]([C@H](C)OC(C)=O)[C@H]2[C@H]([C@@]2(C)CO2)[C@@H](OC(=O)[C@H](C)CC)[C@H]1OC(=O)/C=C(\C)[C@H](C)OC(C)=O. The molecule has 0 bridgehead atoms. The van der Waals surface area contributed by atoms with Crippen molar-refractivity contribution in [1.82, 2.24) is 0 Å². The fourth-order valence-electron chi connectivity index (χ4n) is 6.10. The van der Waals surface area contributed by atoms with Crippen molar-refractivity contribution < 1.29 is 47.7 Å². The van der Waals surface area contributed by atoms with Crippen molar-refractivity contribution in [3.8, 4) is 0 Å². The van der Waals surface area contributed by atoms with Crippen LogP contribution in [0.2, 0.25) is 0 Å². The Balaban J connectivity index is 2.03. The van der Waals surface area contributed by atoms with Crippen LogP contribution in [0.4, 0.5) is 0 Å². The number of ketones is 1. The third-order valence-corrected chi connectivity index (χ3v) is 8.58. The van der Waals surface area contributed by atoms with Crippen molar-refractivity contribution in [3.63, 3.8) is 0 Å². The maximum absolute atomic E-state index is 13.4. The van der Waals surface area contributed by atoms with Crippen LogP contribution in [0.5, 0.6) is 0 Å². The Morgan fingerprint density at radius 1 is 1.07 bits per heavy atom. The molecule has 0 N–H and O–H groups in total. The molecule has 0 aromatic rings. The van der Waals surface area contributed by atoms with Crippen molar-refractivity contribution >= 4 is 29.7 Å². The number of carbonyl (C=O) groups is 5. The van der Waals surface area contributed by atoms with Crippen molar-refractivity contribution in [3.05, 3.63) is 23.8 Å². The first-order valence-corrected chi connectivity index (χ1v) is 13.9. The van der Waals surface area contributed by atoms with Gasteiger partial charge in [-0.1, -0.05) is 20.4 Å². The largest absolute Gasteiger partial charge is 0.462 e. The molecule has 0 aromatic carbocycles. The van der Waals surface area contributed by atoms with Gasteiger partial charge >= 0.3 is 23.9 Å². The van der Waals surface area contributed by atoms with Gasteiger partial charge in [-0.15, -0.1) is 0 Å². The summed E-state index contributed by atoms with van der Waals surface area (Å²) in [5.41, 5.74) is 0.182. The molecule has 2 saturated carbocycles. The van der Waals surface area contributed by atoms with Crippen molar-refractivity contribution in [2.45, 2.75) is 98.2 Å². The lowest BCUT2D eigenvalue weighted by Crippen LogP contribution is -2.57. The molecule has 3 aliphatic rings. The summed E-state index contributed by atoms with van der Waals surface area (Å²) in [6.07, 6.45) is -1.48. The van der Waals surface area contributed by atoms with Crippen LogP contribution in [0, 0.1) is 29.6 Å². The van der Waals surface area contributed by atoms with Crippen LogP contribution in [0.3, 0.4) is 0 Å². The summed E-state index contributed by atoms with van der Waals surface area (Å²) in [7, 11) is 0. The van der Waals surface area contributed by atoms with Crippen LogP contribution in [0.25, 0.3) is 0 Å². The average Bonchev–Trinajstić information content (AvgIpc) is 3.49. The second kappa shape index (κ2) is 12.2. The van der Waals surface area contributed by atoms with Gasteiger partial charge in [0.05, 0.1) is 24.0 Å². The number of fused-ring (bicyclic) bond motifs is 1. The zero-order chi connectivity index (χ0) is 30.1. The summed E-state index contributed by atoms with van der Waals surface area (Å²) in [4.78, 5) is 62.8. The molecule has 1 heterocycles. The zero-order valence-electron chi connectivity index (χ0n) is 24.7. The van der Waals surface area contributed by atoms with Gasteiger partial charge in [0, 0.05) is 32.3 Å². The Hall–Kier alpha value is -3.01. The van der Waals surface area contributed by atoms with Gasteiger partial charge < -0.3 is 23.7 Å². The maximum Gasteiger partial charge on any atom is 0.331 e. The minimum Gasteiger partial charge on any atom is -0.462 e. The molecule has 1 saturated heterocycles. The minimum atomic E-state index is -1.04. The first-order valence-electron chi connectivity index (χ1n) is 13.9. The molecule has 0 unspecified atom stereocenters. The zero-order valence-corrected chi connectivity index (χ0v) is 24.7. The molecule has 0 spiro atoms. The van der Waals surface area contributed by atoms with Gasteiger partial charge in [-0.05, 0) is 57.1 Å². The molecule has 2 aliphatic carbocycles. The Morgan fingerprint density at radius 3 is 2.20 bits per heavy atom. The second-order valence-corrected chi connectivity index (χ2v) is 11.6. The van der Waals surface area contributed by atoms with E-state index in [2.05, 4.69) is 6.58 Å². The van der Waals surface area contributed by atoms with Crippen LogP contribution in [-0.4, -0.2) is 66.3 Å². The highest BCUT2D eigenvalue weighted by atomic mass is 16.6. The van der Waals surface area contributed by atoms with E-state index in [0.29, 0.717) is 24.2 Å². The Kier molecular flexibility index (Phi) is 9.65. The standard InChI is InChI=1S/C30H42O10/c1-10-14(2)29(35)40-28-26(30(9)13-36-30)25-21(12-22(33)24(25)18(6)38-20(8)32)16(4)27(28)39-23(34)11-15(3)17(5)37-19(7)31/h11,14,17-18,21,24-28H,4,10,12-13H2,1-3,5-9H3/b15-11+/t14-,17+,18+,21+,24+,25+,26+,27+,28-,30-/m1/s1. The quantitative estimate of drug-likeness (QED) is 0.128. The van der Waals surface area contributed by atoms with Crippen LogP contribution in [0.15, 0.2) is 23.8 Å². The van der Waals surface area contributed by atoms with E-state index in [1.165, 1.54) is 19.9 Å². The first kappa shape index (κ1) is 31.5. The summed E-state index contributed by atoms with van der Waals surface area (Å²) in [5.74, 6) is -4.68. The lowest BCUT2D eigenvalue weighted by atomic mass is 9.61. The molecule has 222 valence electrons. The fourth-order valence-corrected chi connectivity index (χ4v) is 6.10. The highest BCUT2D eigenvalue weighted by molar-refractivity contribution is 5.86. The van der Waals surface area contributed by atoms with E-state index >= 15 is 0 Å². The number of hydrogen-bond donors (Lipinski definition) is 0. The highest BCUT2D eigenvalue weighted by Crippen LogP contribution is 2.58. The van der Waals surface area contributed by atoms with Crippen molar-refractivity contribution in [2.75, 3.05) is 6.61 Å². The third-order valence-electron chi connectivity index (χ3n) is 8.58. The molecule has 10 atom stereocenters. The third kappa shape index (κ3) is 6.65. The number of epoxide rings is 1. The van der Waals surface area contributed by atoms with Gasteiger partial charge in [-0.3, -0.25) is 19.2 Å². The topological polar surface area (TPSA) is 135 Å². The van der Waals surface area contributed by atoms with Crippen LogP contribution < -0.4 is 0 Å². The lowest BCUT2D eigenvalue weighted by molar-refractivity contribution is -0.183. The normalized spacial score (nSPS) is 33.8. The molecule has 0 aromatic heterocycles. The molecular formula is C30H42O10. The molecule has 40 heavy (non-hydrogen) atoms. The number of ether oxygens (including phenoxy) is 5. The van der Waals surface area contributed by atoms with Gasteiger partial charge in [0.2, 0.25) is 0 Å². The van der Waals surface area contributed by atoms with E-state index in [1.807, 2.05) is 13.8 Å². The van der Waals surface area contributed by atoms with Gasteiger partial charge in [0.1, 0.15) is 24.1 Å². The van der Waals surface area contributed by atoms with Gasteiger partial charge in [-0.2, -0.15) is 0 Å². The number of hydrogen-bond acceptors (Lipinski definition) is 10. The predicted molar refractivity (Wildman–Crippen MR) is 143 cm³/mol. The first-order chi connectivity index (χ1) is 18.6.